The SMILES string of the molecule is CCCC(C)S(=O)C1=NNC(S(C)(=O)=O)S1. The molecule has 0 aromatic carbocycles. The fraction of sp³-hybridized carbons (Fsp3) is 0.875. The lowest BCUT2D eigenvalue weighted by molar-refractivity contribution is 0.591. The highest BCUT2D eigenvalue weighted by Gasteiger charge is 2.32. The van der Waals surface area contributed by atoms with Crippen LogP contribution in [-0.2, 0) is 20.6 Å². The van der Waals surface area contributed by atoms with E-state index >= 15 is 0 Å². The lowest BCUT2D eigenvalue weighted by atomic mass is 10.3. The van der Waals surface area contributed by atoms with Gasteiger partial charge in [0.05, 0.1) is 10.8 Å². The Morgan fingerprint density at radius 2 is 2.25 bits per heavy atom. The van der Waals surface area contributed by atoms with Crippen molar-refractivity contribution >= 4 is 36.8 Å². The first-order valence-corrected chi connectivity index (χ1v) is 9.00. The molecule has 1 aliphatic heterocycles. The smallest absolute Gasteiger partial charge is 0.197 e. The minimum atomic E-state index is -3.20. The summed E-state index contributed by atoms with van der Waals surface area (Å²) in [5, 5.41) is 3.85. The number of nitrogens with zero attached hydrogens (tertiary/aromatic N) is 1. The van der Waals surface area contributed by atoms with Crippen molar-refractivity contribution in [3.63, 3.8) is 0 Å². The fourth-order valence-electron chi connectivity index (χ4n) is 1.21. The second-order valence-corrected chi connectivity index (χ2v) is 9.25. The number of nitrogens with one attached hydrogen (secondary N) is 1. The number of hydrazone groups is 1. The predicted molar refractivity (Wildman–Crippen MR) is 69.3 cm³/mol. The zero-order valence-corrected chi connectivity index (χ0v) is 11.9. The molecule has 1 N–H and O–H groups in total. The minimum absolute atomic E-state index is 0.0105. The zero-order chi connectivity index (χ0) is 12.3. The van der Waals surface area contributed by atoms with Gasteiger partial charge in [0.25, 0.3) is 0 Å². The molecule has 8 heteroatoms. The predicted octanol–water partition coefficient (Wildman–Crippen LogP) is 0.859. The molecule has 0 spiro atoms. The van der Waals surface area contributed by atoms with Gasteiger partial charge in [0.15, 0.2) is 18.9 Å². The van der Waals surface area contributed by atoms with E-state index in [0.29, 0.717) is 4.38 Å². The van der Waals surface area contributed by atoms with Crippen LogP contribution < -0.4 is 5.43 Å². The lowest BCUT2D eigenvalue weighted by Crippen LogP contribution is -2.25. The van der Waals surface area contributed by atoms with Gasteiger partial charge in [0, 0.05) is 11.5 Å². The summed E-state index contributed by atoms with van der Waals surface area (Å²) in [6.07, 6.45) is 2.93. The van der Waals surface area contributed by atoms with Crippen LogP contribution >= 0.6 is 11.8 Å². The average molecular weight is 284 g/mol. The molecule has 0 bridgehead atoms. The van der Waals surface area contributed by atoms with Crippen LogP contribution in [0.4, 0.5) is 0 Å². The summed E-state index contributed by atoms with van der Waals surface area (Å²) in [5.41, 5.74) is 2.49. The summed E-state index contributed by atoms with van der Waals surface area (Å²) >= 11 is 1.03. The molecule has 0 saturated carbocycles. The van der Waals surface area contributed by atoms with Crippen LogP contribution in [0.2, 0.25) is 0 Å². The van der Waals surface area contributed by atoms with E-state index in [-0.39, 0.29) is 5.25 Å². The fourth-order valence-corrected chi connectivity index (χ4v) is 5.10. The minimum Gasteiger partial charge on any atom is -0.280 e. The van der Waals surface area contributed by atoms with Crippen molar-refractivity contribution in [2.24, 2.45) is 5.10 Å². The van der Waals surface area contributed by atoms with E-state index in [1.807, 2.05) is 13.8 Å². The Labute approximate surface area is 103 Å². The Bertz CT molecular complexity index is 405. The van der Waals surface area contributed by atoms with Gasteiger partial charge >= 0.3 is 0 Å². The molecule has 0 aliphatic carbocycles. The second-order valence-electron chi connectivity index (χ2n) is 3.68. The van der Waals surface area contributed by atoms with Crippen molar-refractivity contribution in [1.82, 2.24) is 5.43 Å². The summed E-state index contributed by atoms with van der Waals surface area (Å²) in [6, 6.07) is 0. The third-order valence-electron chi connectivity index (χ3n) is 2.09. The third kappa shape index (κ3) is 3.46. The topological polar surface area (TPSA) is 75.6 Å². The summed E-state index contributed by atoms with van der Waals surface area (Å²) in [7, 11) is -4.41. The van der Waals surface area contributed by atoms with Crippen molar-refractivity contribution in [2.75, 3.05) is 6.26 Å². The van der Waals surface area contributed by atoms with Crippen LogP contribution in [0.5, 0.6) is 0 Å². The van der Waals surface area contributed by atoms with E-state index in [0.717, 1.165) is 30.9 Å². The molecule has 3 atom stereocenters. The molecule has 0 saturated heterocycles. The molecule has 1 aliphatic rings. The number of hydrogen-bond acceptors (Lipinski definition) is 6. The summed E-state index contributed by atoms with van der Waals surface area (Å²) < 4.78 is 34.0. The van der Waals surface area contributed by atoms with Crippen LogP contribution in [-0.4, -0.2) is 33.2 Å². The van der Waals surface area contributed by atoms with Gasteiger partial charge in [0.2, 0.25) is 0 Å². The van der Waals surface area contributed by atoms with Crippen molar-refractivity contribution < 1.29 is 12.6 Å². The maximum absolute atomic E-state index is 11.9. The maximum atomic E-state index is 11.9. The summed E-state index contributed by atoms with van der Waals surface area (Å²) in [6.45, 7) is 3.91. The van der Waals surface area contributed by atoms with Gasteiger partial charge in [-0.25, -0.2) is 8.42 Å². The number of sulfone groups is 1. The van der Waals surface area contributed by atoms with Gasteiger partial charge < -0.3 is 0 Å². The first kappa shape index (κ1) is 14.0. The molecular formula is C8H16N2O3S3. The average Bonchev–Trinajstić information content (AvgIpc) is 2.65. The molecule has 0 aromatic heterocycles. The summed E-state index contributed by atoms with van der Waals surface area (Å²) in [5.74, 6) is 0. The van der Waals surface area contributed by atoms with Gasteiger partial charge in [-0.3, -0.25) is 9.63 Å². The van der Waals surface area contributed by atoms with Crippen molar-refractivity contribution in [3.05, 3.63) is 0 Å². The molecule has 1 rings (SSSR count). The Kier molecular flexibility index (Phi) is 4.81. The molecule has 0 aromatic rings. The van der Waals surface area contributed by atoms with Gasteiger partial charge in [-0.05, 0) is 6.42 Å². The molecule has 1 heterocycles. The standard InChI is InChI=1S/C8H16N2O3S3/c1-4-5-6(2)15(11)7-9-10-8(14-7)16(3,12)13/h6,8,10H,4-5H2,1-3H3. The van der Waals surface area contributed by atoms with E-state index < -0.39 is 25.3 Å². The summed E-state index contributed by atoms with van der Waals surface area (Å²) in [4.78, 5) is 0. The highest BCUT2D eigenvalue weighted by molar-refractivity contribution is 8.37. The molecule has 94 valence electrons. The molecule has 0 amide bonds. The highest BCUT2D eigenvalue weighted by atomic mass is 32.3. The highest BCUT2D eigenvalue weighted by Crippen LogP contribution is 2.25. The van der Waals surface area contributed by atoms with E-state index in [9.17, 15) is 12.6 Å². The van der Waals surface area contributed by atoms with Crippen LogP contribution in [0.1, 0.15) is 26.7 Å². The van der Waals surface area contributed by atoms with E-state index in [4.69, 9.17) is 0 Å². The molecule has 5 nitrogen and oxygen atoms in total. The second kappa shape index (κ2) is 5.50. The number of hydrogen-bond donors (Lipinski definition) is 1. The third-order valence-corrected chi connectivity index (χ3v) is 7.11. The molecule has 3 unspecified atom stereocenters. The van der Waals surface area contributed by atoms with E-state index in [1.54, 1.807) is 0 Å². The van der Waals surface area contributed by atoms with Gasteiger partial charge in [-0.2, -0.15) is 5.10 Å². The lowest BCUT2D eigenvalue weighted by Gasteiger charge is -2.09. The molecule has 0 fully saturated rings. The maximum Gasteiger partial charge on any atom is 0.197 e. The van der Waals surface area contributed by atoms with Crippen LogP contribution in [0.25, 0.3) is 0 Å². The zero-order valence-electron chi connectivity index (χ0n) is 9.47. The van der Waals surface area contributed by atoms with Crippen LogP contribution in [0, 0.1) is 0 Å². The van der Waals surface area contributed by atoms with Gasteiger partial charge in [-0.1, -0.05) is 32.0 Å². The monoisotopic (exact) mass is 284 g/mol. The largest absolute Gasteiger partial charge is 0.280 e. The Hall–Kier alpha value is -0.0800. The van der Waals surface area contributed by atoms with Crippen molar-refractivity contribution in [2.45, 2.75) is 36.6 Å². The van der Waals surface area contributed by atoms with Crippen LogP contribution in [0.15, 0.2) is 5.10 Å². The van der Waals surface area contributed by atoms with Gasteiger partial charge in [-0.15, -0.1) is 0 Å². The van der Waals surface area contributed by atoms with Crippen molar-refractivity contribution in [1.29, 1.82) is 0 Å². The number of rotatable bonds is 4. The normalized spacial score (nSPS) is 24.7. The quantitative estimate of drug-likeness (QED) is 0.828. The first-order valence-electron chi connectivity index (χ1n) is 4.95. The first-order chi connectivity index (χ1) is 7.36. The number of thioether (sulfide) groups is 1. The van der Waals surface area contributed by atoms with Crippen molar-refractivity contribution in [3.8, 4) is 0 Å². The Morgan fingerprint density at radius 1 is 1.62 bits per heavy atom. The Balaban J connectivity index is 2.63. The van der Waals surface area contributed by atoms with Gasteiger partial charge in [0.1, 0.15) is 0 Å². The van der Waals surface area contributed by atoms with Crippen LogP contribution in [0.3, 0.4) is 0 Å². The molecular weight excluding hydrogens is 268 g/mol. The van der Waals surface area contributed by atoms with E-state index in [1.165, 1.54) is 0 Å². The Morgan fingerprint density at radius 3 is 2.69 bits per heavy atom. The molecule has 0 radical (unpaired) electrons. The van der Waals surface area contributed by atoms with E-state index in [2.05, 4.69) is 10.5 Å². The molecule has 16 heavy (non-hydrogen) atoms.